The number of sulfonamides is 1. The molecule has 0 saturated carbocycles. The predicted molar refractivity (Wildman–Crippen MR) is 85.6 cm³/mol. The average molecular weight is 366 g/mol. The van der Waals surface area contributed by atoms with Crippen LogP contribution in [-0.2, 0) is 10.0 Å². The molecule has 1 heterocycles. The lowest BCUT2D eigenvalue weighted by atomic mass is 10.3. The van der Waals surface area contributed by atoms with Crippen molar-refractivity contribution in [1.29, 1.82) is 0 Å². The van der Waals surface area contributed by atoms with Gasteiger partial charge in [0.05, 0.1) is 14.9 Å². The van der Waals surface area contributed by atoms with Crippen molar-refractivity contribution in [3.8, 4) is 0 Å². The van der Waals surface area contributed by atoms with Crippen molar-refractivity contribution >= 4 is 44.6 Å². The molecular formula is C13H13Cl2NO3S2. The van der Waals surface area contributed by atoms with Crippen LogP contribution in [0.1, 0.15) is 11.0 Å². The Balaban J connectivity index is 2.20. The zero-order chi connectivity index (χ0) is 15.6. The number of aliphatic hydroxyl groups is 1. The highest BCUT2D eigenvalue weighted by atomic mass is 35.5. The van der Waals surface area contributed by atoms with Gasteiger partial charge < -0.3 is 5.11 Å². The third-order valence-electron chi connectivity index (χ3n) is 2.90. The smallest absolute Gasteiger partial charge is 0.242 e. The summed E-state index contributed by atoms with van der Waals surface area (Å²) < 4.78 is 25.9. The maximum atomic E-state index is 12.4. The lowest BCUT2D eigenvalue weighted by Crippen LogP contribution is -2.31. The van der Waals surface area contributed by atoms with Crippen molar-refractivity contribution in [2.75, 3.05) is 13.6 Å². The summed E-state index contributed by atoms with van der Waals surface area (Å²) in [5.74, 6) is 0. The summed E-state index contributed by atoms with van der Waals surface area (Å²) >= 11 is 13.0. The highest BCUT2D eigenvalue weighted by molar-refractivity contribution is 7.89. The lowest BCUT2D eigenvalue weighted by Gasteiger charge is -2.20. The van der Waals surface area contributed by atoms with Gasteiger partial charge in [0.25, 0.3) is 0 Å². The number of rotatable bonds is 5. The molecule has 21 heavy (non-hydrogen) atoms. The Morgan fingerprint density at radius 3 is 2.57 bits per heavy atom. The average Bonchev–Trinajstić information content (AvgIpc) is 2.95. The number of likely N-dealkylation sites (N-methyl/N-ethyl adjacent to an activating group) is 1. The number of nitrogens with zero attached hydrogens (tertiary/aromatic N) is 1. The van der Waals surface area contributed by atoms with Gasteiger partial charge in [-0.1, -0.05) is 29.3 Å². The molecular weight excluding hydrogens is 353 g/mol. The van der Waals surface area contributed by atoms with Crippen molar-refractivity contribution < 1.29 is 13.5 Å². The molecule has 0 amide bonds. The first-order valence-corrected chi connectivity index (χ1v) is 9.03. The van der Waals surface area contributed by atoms with E-state index in [1.54, 1.807) is 12.1 Å². The third-order valence-corrected chi connectivity index (χ3v) is 6.43. The molecule has 0 spiro atoms. The van der Waals surface area contributed by atoms with E-state index in [2.05, 4.69) is 0 Å². The van der Waals surface area contributed by atoms with Crippen LogP contribution in [0.15, 0.2) is 40.6 Å². The van der Waals surface area contributed by atoms with E-state index in [4.69, 9.17) is 23.2 Å². The molecule has 0 radical (unpaired) electrons. The van der Waals surface area contributed by atoms with E-state index in [0.717, 1.165) is 4.31 Å². The maximum absolute atomic E-state index is 12.4. The standard InChI is InChI=1S/C13H13Cl2NO3S2/c1-16(8-12(17)13-3-2-6-20-13)21(18,19)9-4-5-10(14)11(15)7-9/h2-7,12,17H,8H2,1H3. The zero-order valence-corrected chi connectivity index (χ0v) is 14.2. The van der Waals surface area contributed by atoms with Gasteiger partial charge >= 0.3 is 0 Å². The minimum absolute atomic E-state index is 0.0386. The molecule has 1 aromatic heterocycles. The predicted octanol–water partition coefficient (Wildman–Crippen LogP) is 3.41. The van der Waals surface area contributed by atoms with Crippen molar-refractivity contribution in [3.05, 3.63) is 50.6 Å². The van der Waals surface area contributed by atoms with Crippen molar-refractivity contribution in [3.63, 3.8) is 0 Å². The number of thiophene rings is 1. The van der Waals surface area contributed by atoms with Gasteiger partial charge in [-0.15, -0.1) is 11.3 Å². The summed E-state index contributed by atoms with van der Waals surface area (Å²) in [6.07, 6.45) is -0.868. The molecule has 0 aliphatic heterocycles. The molecule has 2 aromatic rings. The SMILES string of the molecule is CN(CC(O)c1cccs1)S(=O)(=O)c1ccc(Cl)c(Cl)c1. The molecule has 1 N–H and O–H groups in total. The summed E-state index contributed by atoms with van der Waals surface area (Å²) in [5.41, 5.74) is 0. The van der Waals surface area contributed by atoms with Crippen molar-refractivity contribution in [1.82, 2.24) is 4.31 Å². The van der Waals surface area contributed by atoms with E-state index in [0.29, 0.717) is 4.88 Å². The molecule has 0 bridgehead atoms. The Bertz CT molecular complexity index is 717. The number of aliphatic hydroxyl groups excluding tert-OH is 1. The van der Waals surface area contributed by atoms with Crippen LogP contribution in [0.3, 0.4) is 0 Å². The van der Waals surface area contributed by atoms with Crippen LogP contribution in [-0.4, -0.2) is 31.4 Å². The highest BCUT2D eigenvalue weighted by Crippen LogP contribution is 2.27. The largest absolute Gasteiger partial charge is 0.386 e. The van der Waals surface area contributed by atoms with Gasteiger partial charge in [-0.3, -0.25) is 0 Å². The van der Waals surface area contributed by atoms with Crippen LogP contribution in [0.25, 0.3) is 0 Å². The molecule has 4 nitrogen and oxygen atoms in total. The van der Waals surface area contributed by atoms with E-state index in [-0.39, 0.29) is 21.5 Å². The van der Waals surface area contributed by atoms with E-state index < -0.39 is 16.1 Å². The van der Waals surface area contributed by atoms with Crippen LogP contribution in [0.4, 0.5) is 0 Å². The fourth-order valence-electron chi connectivity index (χ4n) is 1.73. The van der Waals surface area contributed by atoms with Gasteiger partial charge in [-0.05, 0) is 29.6 Å². The van der Waals surface area contributed by atoms with Gasteiger partial charge in [0.15, 0.2) is 0 Å². The maximum Gasteiger partial charge on any atom is 0.242 e. The molecule has 1 atom stereocenters. The second kappa shape index (κ2) is 6.64. The fraction of sp³-hybridized carbons (Fsp3) is 0.231. The van der Waals surface area contributed by atoms with Crippen LogP contribution in [0.2, 0.25) is 10.0 Å². The normalized spacial score (nSPS) is 13.6. The minimum Gasteiger partial charge on any atom is -0.386 e. The van der Waals surface area contributed by atoms with Crippen LogP contribution in [0, 0.1) is 0 Å². The van der Waals surface area contributed by atoms with Crippen LogP contribution in [0.5, 0.6) is 0 Å². The fourth-order valence-corrected chi connectivity index (χ4v) is 4.00. The zero-order valence-electron chi connectivity index (χ0n) is 11.0. The number of hydrogen-bond donors (Lipinski definition) is 1. The van der Waals surface area contributed by atoms with Crippen molar-refractivity contribution in [2.45, 2.75) is 11.0 Å². The number of hydrogen-bond acceptors (Lipinski definition) is 4. The van der Waals surface area contributed by atoms with E-state index in [9.17, 15) is 13.5 Å². The highest BCUT2D eigenvalue weighted by Gasteiger charge is 2.24. The van der Waals surface area contributed by atoms with E-state index >= 15 is 0 Å². The second-order valence-corrected chi connectivity index (χ2v) is 8.23. The topological polar surface area (TPSA) is 57.6 Å². The molecule has 114 valence electrons. The first-order chi connectivity index (χ1) is 9.82. The first-order valence-electron chi connectivity index (χ1n) is 5.95. The van der Waals surface area contributed by atoms with Crippen molar-refractivity contribution in [2.24, 2.45) is 0 Å². The van der Waals surface area contributed by atoms with Gasteiger partial charge in [0.2, 0.25) is 10.0 Å². The molecule has 0 saturated heterocycles. The third kappa shape index (κ3) is 3.77. The van der Waals surface area contributed by atoms with Crippen LogP contribution >= 0.6 is 34.5 Å². The van der Waals surface area contributed by atoms with Crippen LogP contribution < -0.4 is 0 Å². The Labute approximate surface area is 137 Å². The van der Waals surface area contributed by atoms with Gasteiger partial charge in [-0.25, -0.2) is 8.42 Å². The Hall–Kier alpha value is -0.630. The first kappa shape index (κ1) is 16.7. The molecule has 1 aromatic carbocycles. The summed E-state index contributed by atoms with van der Waals surface area (Å²) in [6, 6.07) is 7.68. The molecule has 0 aliphatic rings. The summed E-state index contributed by atoms with van der Waals surface area (Å²) in [6.45, 7) is -0.0386. The molecule has 0 fully saturated rings. The Kier molecular flexibility index (Phi) is 5.29. The minimum atomic E-state index is -3.73. The molecule has 1 unspecified atom stereocenters. The summed E-state index contributed by atoms with van der Waals surface area (Å²) in [4.78, 5) is 0.754. The monoisotopic (exact) mass is 365 g/mol. The summed E-state index contributed by atoms with van der Waals surface area (Å²) in [7, 11) is -2.32. The molecule has 0 aliphatic carbocycles. The number of halogens is 2. The number of benzene rings is 1. The Morgan fingerprint density at radius 2 is 2.00 bits per heavy atom. The van der Waals surface area contributed by atoms with E-state index in [1.165, 1.54) is 36.6 Å². The van der Waals surface area contributed by atoms with Gasteiger partial charge in [0, 0.05) is 18.5 Å². The summed E-state index contributed by atoms with van der Waals surface area (Å²) in [5, 5.41) is 12.3. The Morgan fingerprint density at radius 1 is 1.29 bits per heavy atom. The quantitative estimate of drug-likeness (QED) is 0.882. The van der Waals surface area contributed by atoms with Gasteiger partial charge in [-0.2, -0.15) is 4.31 Å². The van der Waals surface area contributed by atoms with Gasteiger partial charge in [0.1, 0.15) is 6.10 Å². The lowest BCUT2D eigenvalue weighted by molar-refractivity contribution is 0.158. The second-order valence-electron chi connectivity index (χ2n) is 4.39. The molecule has 2 rings (SSSR count). The molecule has 8 heteroatoms. The van der Waals surface area contributed by atoms with E-state index in [1.807, 2.05) is 5.38 Å².